The van der Waals surface area contributed by atoms with Crippen LogP contribution in [0.15, 0.2) is 18.2 Å². The molecule has 3 nitrogen and oxygen atoms in total. The van der Waals surface area contributed by atoms with Crippen molar-refractivity contribution in [3.05, 3.63) is 40.5 Å². The SMILES string of the molecule is [C-]#[N+]C(C#N)(CCC(F)(F)F)Cc1cccc(Cl)n1. The molecule has 0 bridgehead atoms. The first-order chi connectivity index (χ1) is 8.80. The summed E-state index contributed by atoms with van der Waals surface area (Å²) in [5.74, 6) is 0. The van der Waals surface area contributed by atoms with E-state index in [9.17, 15) is 13.2 Å². The highest BCUT2D eigenvalue weighted by Crippen LogP contribution is 2.30. The Labute approximate surface area is 113 Å². The van der Waals surface area contributed by atoms with Crippen LogP contribution in [-0.4, -0.2) is 16.7 Å². The Bertz CT molecular complexity index is 514. The van der Waals surface area contributed by atoms with Crippen LogP contribution >= 0.6 is 11.6 Å². The summed E-state index contributed by atoms with van der Waals surface area (Å²) in [7, 11) is 0. The first-order valence-corrected chi connectivity index (χ1v) is 5.66. The van der Waals surface area contributed by atoms with Crippen molar-refractivity contribution < 1.29 is 13.2 Å². The molecule has 0 N–H and O–H groups in total. The van der Waals surface area contributed by atoms with Gasteiger partial charge >= 0.3 is 11.7 Å². The molecule has 0 saturated heterocycles. The molecule has 100 valence electrons. The van der Waals surface area contributed by atoms with Crippen LogP contribution in [0.5, 0.6) is 0 Å². The van der Waals surface area contributed by atoms with Crippen LogP contribution in [0.3, 0.4) is 0 Å². The second-order valence-electron chi connectivity index (χ2n) is 4.00. The van der Waals surface area contributed by atoms with E-state index in [-0.39, 0.29) is 11.6 Å². The molecule has 1 unspecified atom stereocenters. The third-order valence-corrected chi connectivity index (χ3v) is 2.70. The summed E-state index contributed by atoms with van der Waals surface area (Å²) < 4.78 is 36.6. The van der Waals surface area contributed by atoms with E-state index in [1.807, 2.05) is 0 Å². The topological polar surface area (TPSA) is 41.0 Å². The van der Waals surface area contributed by atoms with Gasteiger partial charge in [0.1, 0.15) is 5.15 Å². The van der Waals surface area contributed by atoms with Gasteiger partial charge in [-0.15, -0.1) is 0 Å². The monoisotopic (exact) mass is 287 g/mol. The average molecular weight is 288 g/mol. The van der Waals surface area contributed by atoms with Crippen LogP contribution in [-0.2, 0) is 6.42 Å². The highest BCUT2D eigenvalue weighted by Gasteiger charge is 2.42. The van der Waals surface area contributed by atoms with Crippen molar-refractivity contribution >= 4 is 11.6 Å². The molecule has 0 fully saturated rings. The van der Waals surface area contributed by atoms with Crippen molar-refractivity contribution in [2.75, 3.05) is 0 Å². The molecule has 1 rings (SSSR count). The number of pyridine rings is 1. The molecule has 19 heavy (non-hydrogen) atoms. The van der Waals surface area contributed by atoms with Gasteiger partial charge in [-0.3, -0.25) is 4.85 Å². The molecule has 0 aliphatic carbocycles. The summed E-state index contributed by atoms with van der Waals surface area (Å²) in [5.41, 5.74) is -1.43. The molecule has 1 atom stereocenters. The lowest BCUT2D eigenvalue weighted by atomic mass is 9.90. The predicted molar refractivity (Wildman–Crippen MR) is 63.2 cm³/mol. The number of hydrogen-bond acceptors (Lipinski definition) is 2. The van der Waals surface area contributed by atoms with E-state index < -0.39 is 24.6 Å². The number of hydrogen-bond donors (Lipinski definition) is 0. The Morgan fingerprint density at radius 3 is 2.53 bits per heavy atom. The standard InChI is InChI=1S/C12H9ClF3N3/c1-18-11(8-17,5-6-12(14,15)16)7-9-3-2-4-10(13)19-9/h2-4H,5-7H2. The van der Waals surface area contributed by atoms with Crippen molar-refractivity contribution in [1.29, 1.82) is 5.26 Å². The largest absolute Gasteiger partial charge is 0.389 e. The van der Waals surface area contributed by atoms with Crippen LogP contribution in [0.25, 0.3) is 4.85 Å². The minimum Gasteiger partial charge on any atom is -0.294 e. The highest BCUT2D eigenvalue weighted by molar-refractivity contribution is 6.29. The summed E-state index contributed by atoms with van der Waals surface area (Å²) in [5, 5.41) is 9.18. The van der Waals surface area contributed by atoms with Crippen molar-refractivity contribution in [3.63, 3.8) is 0 Å². The third kappa shape index (κ3) is 4.76. The maximum Gasteiger partial charge on any atom is 0.389 e. The number of halogens is 4. The van der Waals surface area contributed by atoms with E-state index in [4.69, 9.17) is 23.4 Å². The number of alkyl halides is 3. The normalized spacial score (nSPS) is 14.2. The third-order valence-electron chi connectivity index (χ3n) is 2.49. The molecule has 1 aromatic rings. The number of aromatic nitrogens is 1. The fourth-order valence-electron chi connectivity index (χ4n) is 1.50. The lowest BCUT2D eigenvalue weighted by Crippen LogP contribution is -2.28. The summed E-state index contributed by atoms with van der Waals surface area (Å²) in [6.07, 6.45) is -6.33. The van der Waals surface area contributed by atoms with E-state index in [2.05, 4.69) is 9.83 Å². The minimum atomic E-state index is -4.39. The van der Waals surface area contributed by atoms with Gasteiger partial charge in [-0.05, 0) is 12.1 Å². The molecule has 0 radical (unpaired) electrons. The number of nitrogens with zero attached hydrogens (tertiary/aromatic N) is 3. The molecular formula is C12H9ClF3N3. The fraction of sp³-hybridized carbons (Fsp3) is 0.417. The predicted octanol–water partition coefficient (Wildman–Crippen LogP) is 3.80. The average Bonchev–Trinajstić information content (AvgIpc) is 2.34. The van der Waals surface area contributed by atoms with Crippen molar-refractivity contribution in [1.82, 2.24) is 4.98 Å². The summed E-state index contributed by atoms with van der Waals surface area (Å²) in [6.45, 7) is 6.99. The molecule has 0 aliphatic heterocycles. The lowest BCUT2D eigenvalue weighted by Gasteiger charge is -2.15. The van der Waals surface area contributed by atoms with Crippen molar-refractivity contribution in [3.8, 4) is 6.07 Å². The van der Waals surface area contributed by atoms with Gasteiger partial charge < -0.3 is 0 Å². The smallest absolute Gasteiger partial charge is 0.294 e. The molecule has 1 heterocycles. The molecule has 0 saturated carbocycles. The fourth-order valence-corrected chi connectivity index (χ4v) is 1.68. The Morgan fingerprint density at radius 2 is 2.05 bits per heavy atom. The van der Waals surface area contributed by atoms with Gasteiger partial charge in [0.2, 0.25) is 0 Å². The van der Waals surface area contributed by atoms with Crippen LogP contribution in [0.4, 0.5) is 13.2 Å². The van der Waals surface area contributed by atoms with Gasteiger partial charge in [0, 0.05) is 6.42 Å². The second-order valence-corrected chi connectivity index (χ2v) is 4.39. The van der Waals surface area contributed by atoms with Gasteiger partial charge in [-0.1, -0.05) is 17.7 Å². The van der Waals surface area contributed by atoms with E-state index in [0.717, 1.165) is 0 Å². The number of rotatable bonds is 4. The second kappa shape index (κ2) is 5.90. The molecule has 0 aromatic carbocycles. The van der Waals surface area contributed by atoms with E-state index in [1.165, 1.54) is 12.1 Å². The van der Waals surface area contributed by atoms with Gasteiger partial charge in [0.25, 0.3) is 0 Å². The molecule has 1 aromatic heterocycles. The van der Waals surface area contributed by atoms with Crippen LogP contribution < -0.4 is 0 Å². The van der Waals surface area contributed by atoms with E-state index in [1.54, 1.807) is 12.1 Å². The van der Waals surface area contributed by atoms with Gasteiger partial charge in [0.15, 0.2) is 6.07 Å². The van der Waals surface area contributed by atoms with Crippen molar-refractivity contribution in [2.24, 2.45) is 0 Å². The molecule has 0 aliphatic rings. The zero-order chi connectivity index (χ0) is 14.5. The van der Waals surface area contributed by atoms with Crippen LogP contribution in [0.1, 0.15) is 18.5 Å². The Kier molecular flexibility index (Phi) is 4.74. The molecule has 0 amide bonds. The highest BCUT2D eigenvalue weighted by atomic mass is 35.5. The Morgan fingerprint density at radius 1 is 1.37 bits per heavy atom. The van der Waals surface area contributed by atoms with Crippen LogP contribution in [0, 0.1) is 17.9 Å². The molecular weight excluding hydrogens is 279 g/mol. The van der Waals surface area contributed by atoms with Crippen LogP contribution in [0.2, 0.25) is 5.15 Å². The maximum absolute atomic E-state index is 12.2. The van der Waals surface area contributed by atoms with Gasteiger partial charge in [-0.2, -0.15) is 18.4 Å². The Hall–Kier alpha value is -1.79. The van der Waals surface area contributed by atoms with Crippen molar-refractivity contribution in [2.45, 2.75) is 31.0 Å². The minimum absolute atomic E-state index is 0.171. The summed E-state index contributed by atoms with van der Waals surface area (Å²) in [6, 6.07) is 6.27. The lowest BCUT2D eigenvalue weighted by molar-refractivity contribution is -0.136. The quantitative estimate of drug-likeness (QED) is 0.624. The zero-order valence-corrected chi connectivity index (χ0v) is 10.5. The van der Waals surface area contributed by atoms with Gasteiger partial charge in [-0.25, -0.2) is 11.6 Å². The molecule has 7 heteroatoms. The summed E-state index contributed by atoms with van der Waals surface area (Å²) in [4.78, 5) is 6.96. The van der Waals surface area contributed by atoms with Gasteiger partial charge in [0.05, 0.1) is 18.5 Å². The first kappa shape index (κ1) is 15.3. The zero-order valence-electron chi connectivity index (χ0n) is 9.71. The maximum atomic E-state index is 12.2. The summed E-state index contributed by atoms with van der Waals surface area (Å²) >= 11 is 5.66. The van der Waals surface area contributed by atoms with E-state index >= 15 is 0 Å². The number of nitriles is 1. The first-order valence-electron chi connectivity index (χ1n) is 5.28. The Balaban J connectivity index is 2.89. The van der Waals surface area contributed by atoms with E-state index in [0.29, 0.717) is 5.69 Å². The molecule has 0 spiro atoms.